The third kappa shape index (κ3) is 2.32. The van der Waals surface area contributed by atoms with Crippen LogP contribution in [0.1, 0.15) is 16.4 Å². The number of likely N-dealkylation sites (N-methyl/N-ethyl adjacent to an activating group) is 1. The van der Waals surface area contributed by atoms with Crippen molar-refractivity contribution in [3.63, 3.8) is 0 Å². The van der Waals surface area contributed by atoms with E-state index in [-0.39, 0.29) is 12.2 Å². The zero-order chi connectivity index (χ0) is 10.7. The molecule has 0 atom stereocenters. The molecule has 6 nitrogen and oxygen atoms in total. The van der Waals surface area contributed by atoms with Crippen LogP contribution in [0.5, 0.6) is 0 Å². The molecule has 14 heavy (non-hydrogen) atoms. The summed E-state index contributed by atoms with van der Waals surface area (Å²) in [5.41, 5.74) is 0.117. The van der Waals surface area contributed by atoms with Crippen molar-refractivity contribution in [1.29, 1.82) is 0 Å². The summed E-state index contributed by atoms with van der Waals surface area (Å²) in [5.74, 6) is -1.16. The first-order valence-electron chi connectivity index (χ1n) is 3.90. The van der Waals surface area contributed by atoms with Crippen molar-refractivity contribution in [2.45, 2.75) is 6.92 Å². The molecule has 0 saturated heterocycles. The van der Waals surface area contributed by atoms with Crippen molar-refractivity contribution >= 4 is 11.9 Å². The molecule has 76 valence electrons. The van der Waals surface area contributed by atoms with Gasteiger partial charge in [-0.1, -0.05) is 0 Å². The van der Waals surface area contributed by atoms with Crippen LogP contribution in [-0.4, -0.2) is 40.5 Å². The summed E-state index contributed by atoms with van der Waals surface area (Å²) in [5, 5.41) is 8.45. The van der Waals surface area contributed by atoms with Gasteiger partial charge in [0.2, 0.25) is 0 Å². The van der Waals surface area contributed by atoms with E-state index in [9.17, 15) is 9.59 Å². The quantitative estimate of drug-likeness (QED) is 0.746. The molecule has 0 spiro atoms. The van der Waals surface area contributed by atoms with Crippen LogP contribution >= 0.6 is 0 Å². The van der Waals surface area contributed by atoms with Gasteiger partial charge in [0.15, 0.2) is 11.6 Å². The normalized spacial score (nSPS) is 9.86. The van der Waals surface area contributed by atoms with Crippen LogP contribution in [-0.2, 0) is 4.79 Å². The molecule has 1 aromatic rings. The van der Waals surface area contributed by atoms with Gasteiger partial charge in [0.25, 0.3) is 5.91 Å². The molecule has 0 aliphatic rings. The number of amides is 1. The van der Waals surface area contributed by atoms with Gasteiger partial charge in [-0.2, -0.15) is 0 Å². The highest BCUT2D eigenvalue weighted by Crippen LogP contribution is 2.03. The van der Waals surface area contributed by atoms with E-state index in [1.807, 2.05) is 0 Å². The van der Waals surface area contributed by atoms with Gasteiger partial charge in [0, 0.05) is 14.0 Å². The summed E-state index contributed by atoms with van der Waals surface area (Å²) in [4.78, 5) is 26.6. The highest BCUT2D eigenvalue weighted by molar-refractivity contribution is 5.93. The molecule has 1 heterocycles. The van der Waals surface area contributed by atoms with E-state index in [1.54, 1.807) is 6.92 Å². The van der Waals surface area contributed by atoms with Gasteiger partial charge in [-0.25, -0.2) is 4.98 Å². The topological polar surface area (TPSA) is 83.6 Å². The molecule has 0 unspecified atom stereocenters. The van der Waals surface area contributed by atoms with Crippen LogP contribution in [0.4, 0.5) is 0 Å². The van der Waals surface area contributed by atoms with Crippen LogP contribution in [0.2, 0.25) is 0 Å². The molecule has 0 saturated carbocycles. The Kier molecular flexibility index (Phi) is 2.85. The Labute approximate surface area is 80.1 Å². The zero-order valence-corrected chi connectivity index (χ0v) is 7.85. The number of carbonyl (C=O) groups excluding carboxylic acids is 1. The molecule has 0 aromatic carbocycles. The second kappa shape index (κ2) is 3.91. The molecular formula is C8H10N2O4. The Morgan fingerprint density at radius 1 is 1.64 bits per heavy atom. The molecule has 1 aromatic heterocycles. The third-order valence-electron chi connectivity index (χ3n) is 1.56. The van der Waals surface area contributed by atoms with Crippen LogP contribution in [0.3, 0.4) is 0 Å². The maximum absolute atomic E-state index is 11.4. The Hall–Kier alpha value is -1.85. The fourth-order valence-electron chi connectivity index (χ4n) is 0.932. The number of hydrogen-bond donors (Lipinski definition) is 1. The minimum Gasteiger partial charge on any atom is -0.480 e. The van der Waals surface area contributed by atoms with Crippen LogP contribution < -0.4 is 0 Å². The molecule has 1 rings (SSSR count). The van der Waals surface area contributed by atoms with E-state index in [0.29, 0.717) is 5.89 Å². The maximum atomic E-state index is 11.4. The lowest BCUT2D eigenvalue weighted by atomic mass is 10.4. The first kappa shape index (κ1) is 10.2. The molecular weight excluding hydrogens is 188 g/mol. The van der Waals surface area contributed by atoms with Gasteiger partial charge in [0.05, 0.1) is 0 Å². The SMILES string of the molecule is Cc1nc(C(=O)N(C)CC(=O)O)co1. The van der Waals surface area contributed by atoms with Crippen molar-refractivity contribution in [2.24, 2.45) is 0 Å². The van der Waals surface area contributed by atoms with Gasteiger partial charge in [-0.15, -0.1) is 0 Å². The van der Waals surface area contributed by atoms with Crippen molar-refractivity contribution < 1.29 is 19.1 Å². The summed E-state index contributed by atoms with van der Waals surface area (Å²) in [6, 6.07) is 0. The van der Waals surface area contributed by atoms with E-state index < -0.39 is 11.9 Å². The number of hydrogen-bond acceptors (Lipinski definition) is 4. The lowest BCUT2D eigenvalue weighted by Crippen LogP contribution is -2.32. The summed E-state index contributed by atoms with van der Waals surface area (Å²) in [6.07, 6.45) is 1.20. The fourth-order valence-corrected chi connectivity index (χ4v) is 0.932. The van der Waals surface area contributed by atoms with Crippen molar-refractivity contribution in [1.82, 2.24) is 9.88 Å². The highest BCUT2D eigenvalue weighted by Gasteiger charge is 2.17. The lowest BCUT2D eigenvalue weighted by molar-refractivity contribution is -0.137. The van der Waals surface area contributed by atoms with E-state index in [4.69, 9.17) is 9.52 Å². The van der Waals surface area contributed by atoms with E-state index in [2.05, 4.69) is 4.98 Å². The Balaban J connectivity index is 2.70. The zero-order valence-electron chi connectivity index (χ0n) is 7.85. The second-order valence-electron chi connectivity index (χ2n) is 2.81. The smallest absolute Gasteiger partial charge is 0.323 e. The summed E-state index contributed by atoms with van der Waals surface area (Å²) in [7, 11) is 1.39. The standard InChI is InChI=1S/C8H10N2O4/c1-5-9-6(4-14-5)8(13)10(2)3-7(11)12/h4H,3H2,1-2H3,(H,11,12). The van der Waals surface area contributed by atoms with Crippen molar-refractivity contribution in [2.75, 3.05) is 13.6 Å². The first-order chi connectivity index (χ1) is 6.50. The Morgan fingerprint density at radius 2 is 2.29 bits per heavy atom. The summed E-state index contributed by atoms with van der Waals surface area (Å²) >= 11 is 0. The Morgan fingerprint density at radius 3 is 2.71 bits per heavy atom. The maximum Gasteiger partial charge on any atom is 0.323 e. The number of carboxylic acids is 1. The van der Waals surface area contributed by atoms with Crippen molar-refractivity contribution in [3.05, 3.63) is 17.8 Å². The minimum absolute atomic E-state index is 0.117. The lowest BCUT2D eigenvalue weighted by Gasteiger charge is -2.11. The van der Waals surface area contributed by atoms with E-state index in [1.165, 1.54) is 13.3 Å². The number of nitrogens with zero attached hydrogens (tertiary/aromatic N) is 2. The number of aromatic nitrogens is 1. The predicted octanol–water partition coefficient (Wildman–Crippen LogP) is 0.140. The average Bonchev–Trinajstić information content (AvgIpc) is 2.49. The molecule has 6 heteroatoms. The molecule has 0 bridgehead atoms. The largest absolute Gasteiger partial charge is 0.480 e. The number of aliphatic carboxylic acids is 1. The third-order valence-corrected chi connectivity index (χ3v) is 1.56. The second-order valence-corrected chi connectivity index (χ2v) is 2.81. The molecule has 1 N–H and O–H groups in total. The predicted molar refractivity (Wildman–Crippen MR) is 45.8 cm³/mol. The monoisotopic (exact) mass is 198 g/mol. The van der Waals surface area contributed by atoms with Gasteiger partial charge in [0.1, 0.15) is 12.8 Å². The Bertz CT molecular complexity index is 358. The molecule has 0 aliphatic heterocycles. The molecule has 1 amide bonds. The molecule has 0 fully saturated rings. The average molecular weight is 198 g/mol. The van der Waals surface area contributed by atoms with Crippen LogP contribution in [0.25, 0.3) is 0 Å². The molecule has 0 aliphatic carbocycles. The number of carboxylic acid groups (broad SMARTS) is 1. The minimum atomic E-state index is -1.07. The van der Waals surface area contributed by atoms with E-state index in [0.717, 1.165) is 4.90 Å². The summed E-state index contributed by atoms with van der Waals surface area (Å²) < 4.78 is 4.83. The number of aryl methyl sites for hydroxylation is 1. The van der Waals surface area contributed by atoms with Crippen LogP contribution in [0.15, 0.2) is 10.7 Å². The van der Waals surface area contributed by atoms with Crippen molar-refractivity contribution in [3.8, 4) is 0 Å². The van der Waals surface area contributed by atoms with Gasteiger partial charge < -0.3 is 14.4 Å². The van der Waals surface area contributed by atoms with Gasteiger partial charge >= 0.3 is 5.97 Å². The van der Waals surface area contributed by atoms with E-state index >= 15 is 0 Å². The molecule has 0 radical (unpaired) electrons. The first-order valence-corrected chi connectivity index (χ1v) is 3.90. The van der Waals surface area contributed by atoms with Gasteiger partial charge in [-0.3, -0.25) is 9.59 Å². The van der Waals surface area contributed by atoms with Crippen LogP contribution in [0, 0.1) is 6.92 Å². The number of rotatable bonds is 3. The van der Waals surface area contributed by atoms with Gasteiger partial charge in [-0.05, 0) is 0 Å². The number of carbonyl (C=O) groups is 2. The fraction of sp³-hybridized carbons (Fsp3) is 0.375. The summed E-state index contributed by atoms with van der Waals surface area (Å²) in [6.45, 7) is 1.25. The number of oxazole rings is 1. The highest BCUT2D eigenvalue weighted by atomic mass is 16.4.